The Labute approximate surface area is 135 Å². The topological polar surface area (TPSA) is 130 Å². The van der Waals surface area contributed by atoms with Crippen LogP contribution in [-0.4, -0.2) is 78.0 Å². The third-order valence-corrected chi connectivity index (χ3v) is 5.00. The van der Waals surface area contributed by atoms with Crippen molar-refractivity contribution in [2.24, 2.45) is 5.14 Å². The number of ether oxygens (including phenoxy) is 1. The number of likely N-dealkylation sites (tertiary alicyclic amines) is 2. The second-order valence-electron chi connectivity index (χ2n) is 7.25. The van der Waals surface area contributed by atoms with Crippen molar-refractivity contribution in [3.8, 4) is 0 Å². The summed E-state index contributed by atoms with van der Waals surface area (Å²) in [6.07, 6.45) is -0.706. The molecule has 23 heavy (non-hydrogen) atoms. The number of hydrogen-bond acceptors (Lipinski definition) is 6. The summed E-state index contributed by atoms with van der Waals surface area (Å²) in [6, 6.07) is 0. The number of carbonyl (C=O) groups excluding carboxylic acids is 2. The molecule has 2 aliphatic heterocycles. The van der Waals surface area contributed by atoms with Crippen molar-refractivity contribution >= 4 is 22.0 Å². The summed E-state index contributed by atoms with van der Waals surface area (Å²) < 4.78 is 27.8. The van der Waals surface area contributed by atoms with E-state index in [1.807, 2.05) is 0 Å². The van der Waals surface area contributed by atoms with Gasteiger partial charge in [-0.15, -0.1) is 0 Å². The van der Waals surface area contributed by atoms with E-state index in [-0.39, 0.29) is 38.5 Å². The molecule has 0 bridgehead atoms. The van der Waals surface area contributed by atoms with Crippen LogP contribution in [0.2, 0.25) is 0 Å². The molecule has 9 nitrogen and oxygen atoms in total. The van der Waals surface area contributed by atoms with E-state index in [9.17, 15) is 23.1 Å². The van der Waals surface area contributed by atoms with E-state index in [0.29, 0.717) is 0 Å². The first-order chi connectivity index (χ1) is 10.3. The number of β-amino-alcohol motifs (C(OH)–C–C–N with tert-alkyl or cyclic N) is 1. The summed E-state index contributed by atoms with van der Waals surface area (Å²) in [7, 11) is -3.79. The Hall–Kier alpha value is -1.39. The van der Waals surface area contributed by atoms with Gasteiger partial charge in [-0.05, 0) is 20.8 Å². The molecule has 2 rings (SSSR count). The molecule has 2 saturated heterocycles. The minimum absolute atomic E-state index is 0.0306. The fourth-order valence-corrected chi connectivity index (χ4v) is 3.45. The first-order valence-electron chi connectivity index (χ1n) is 7.29. The second-order valence-corrected chi connectivity index (χ2v) is 9.09. The lowest BCUT2D eigenvalue weighted by atomic mass is 9.94. The van der Waals surface area contributed by atoms with Crippen molar-refractivity contribution < 1.29 is 27.9 Å². The third kappa shape index (κ3) is 4.33. The predicted molar refractivity (Wildman–Crippen MR) is 80.8 cm³/mol. The normalized spacial score (nSPS) is 24.6. The molecule has 0 radical (unpaired) electrons. The lowest BCUT2D eigenvalue weighted by Gasteiger charge is -2.47. The molecule has 2 aliphatic rings. The van der Waals surface area contributed by atoms with E-state index in [4.69, 9.17) is 9.88 Å². The number of hydrogen-bond donors (Lipinski definition) is 2. The van der Waals surface area contributed by atoms with Gasteiger partial charge in [-0.1, -0.05) is 0 Å². The molecule has 2 heterocycles. The average molecular weight is 349 g/mol. The number of rotatable bonds is 3. The van der Waals surface area contributed by atoms with Gasteiger partial charge in [0.25, 0.3) is 0 Å². The van der Waals surface area contributed by atoms with Crippen LogP contribution < -0.4 is 5.14 Å². The van der Waals surface area contributed by atoms with Crippen LogP contribution in [0, 0.1) is 0 Å². The molecule has 0 aromatic carbocycles. The van der Waals surface area contributed by atoms with Gasteiger partial charge in [0.2, 0.25) is 15.9 Å². The Morgan fingerprint density at radius 3 is 2.43 bits per heavy atom. The Morgan fingerprint density at radius 1 is 1.43 bits per heavy atom. The maximum atomic E-state index is 11.8. The van der Waals surface area contributed by atoms with Crippen molar-refractivity contribution in [1.29, 1.82) is 0 Å². The van der Waals surface area contributed by atoms with E-state index < -0.39 is 32.6 Å². The predicted octanol–water partition coefficient (Wildman–Crippen LogP) is -1.14. The summed E-state index contributed by atoms with van der Waals surface area (Å²) in [5.41, 5.74) is -1.88. The van der Waals surface area contributed by atoms with Gasteiger partial charge in [-0.25, -0.2) is 18.4 Å². The van der Waals surface area contributed by atoms with Crippen LogP contribution in [0.3, 0.4) is 0 Å². The molecule has 1 atom stereocenters. The van der Waals surface area contributed by atoms with Crippen molar-refractivity contribution in [1.82, 2.24) is 9.80 Å². The molecule has 0 aromatic rings. The van der Waals surface area contributed by atoms with Gasteiger partial charge < -0.3 is 19.6 Å². The fourth-order valence-electron chi connectivity index (χ4n) is 2.68. The van der Waals surface area contributed by atoms with E-state index in [0.717, 1.165) is 0 Å². The fraction of sp³-hybridized carbons (Fsp3) is 0.846. The summed E-state index contributed by atoms with van der Waals surface area (Å²) >= 11 is 0. The molecular formula is C13H23N3O6S. The molecule has 10 heteroatoms. The molecule has 0 aliphatic carbocycles. The summed E-state index contributed by atoms with van der Waals surface area (Å²) in [5, 5.41) is 14.5. The highest BCUT2D eigenvalue weighted by Crippen LogP contribution is 2.27. The van der Waals surface area contributed by atoms with Gasteiger partial charge in [-0.3, -0.25) is 4.79 Å². The number of nitrogens with zero attached hydrogens (tertiary/aromatic N) is 2. The highest BCUT2D eigenvalue weighted by atomic mass is 32.2. The van der Waals surface area contributed by atoms with Crippen LogP contribution in [0.5, 0.6) is 0 Å². The van der Waals surface area contributed by atoms with Crippen LogP contribution >= 0.6 is 0 Å². The maximum Gasteiger partial charge on any atom is 0.410 e. The standard InChI is InChI=1S/C13H23N3O6S/c1-12(2,3)22-11(18)16-7-13(19,8-16)6-15-5-9(4-10(15)17)23(14,20)21/h9,19H,4-8H2,1-3H3,(H2,14,20,21). The smallest absolute Gasteiger partial charge is 0.410 e. The van der Waals surface area contributed by atoms with Crippen LogP contribution in [0.15, 0.2) is 0 Å². The monoisotopic (exact) mass is 349 g/mol. The average Bonchev–Trinajstić information content (AvgIpc) is 2.65. The molecule has 2 fully saturated rings. The summed E-state index contributed by atoms with van der Waals surface area (Å²) in [4.78, 5) is 26.3. The van der Waals surface area contributed by atoms with Crippen LogP contribution in [0.1, 0.15) is 27.2 Å². The number of nitrogens with two attached hydrogens (primary N) is 1. The molecule has 0 saturated carbocycles. The Balaban J connectivity index is 1.88. The molecule has 2 amide bonds. The zero-order valence-electron chi connectivity index (χ0n) is 13.5. The van der Waals surface area contributed by atoms with Crippen molar-refractivity contribution in [2.75, 3.05) is 26.2 Å². The minimum Gasteiger partial charge on any atom is -0.444 e. The summed E-state index contributed by atoms with van der Waals surface area (Å²) in [5.74, 6) is -0.367. The van der Waals surface area contributed by atoms with E-state index in [1.54, 1.807) is 20.8 Å². The molecule has 3 N–H and O–H groups in total. The van der Waals surface area contributed by atoms with Gasteiger partial charge in [0.15, 0.2) is 0 Å². The third-order valence-electron chi connectivity index (χ3n) is 3.75. The van der Waals surface area contributed by atoms with Crippen molar-refractivity contribution in [3.63, 3.8) is 0 Å². The largest absolute Gasteiger partial charge is 0.444 e. The number of carbonyl (C=O) groups is 2. The Bertz CT molecular complexity index is 606. The number of primary sulfonamides is 1. The van der Waals surface area contributed by atoms with Gasteiger partial charge in [0.1, 0.15) is 16.5 Å². The molecule has 1 unspecified atom stereocenters. The van der Waals surface area contributed by atoms with Crippen molar-refractivity contribution in [3.05, 3.63) is 0 Å². The first-order valence-corrected chi connectivity index (χ1v) is 8.90. The van der Waals surface area contributed by atoms with E-state index in [1.165, 1.54) is 9.80 Å². The Morgan fingerprint density at radius 2 is 2.00 bits per heavy atom. The number of aliphatic hydroxyl groups is 1. The zero-order chi connectivity index (χ0) is 17.6. The second kappa shape index (κ2) is 5.60. The lowest BCUT2D eigenvalue weighted by Crippen LogP contribution is -2.68. The first kappa shape index (κ1) is 18.0. The highest BCUT2D eigenvalue weighted by molar-refractivity contribution is 7.89. The van der Waals surface area contributed by atoms with Crippen LogP contribution in [0.4, 0.5) is 4.79 Å². The van der Waals surface area contributed by atoms with Gasteiger partial charge >= 0.3 is 6.09 Å². The van der Waals surface area contributed by atoms with E-state index >= 15 is 0 Å². The quantitative estimate of drug-likeness (QED) is 0.662. The van der Waals surface area contributed by atoms with Gasteiger partial charge in [0.05, 0.1) is 19.6 Å². The highest BCUT2D eigenvalue weighted by Gasteiger charge is 2.48. The Kier molecular flexibility index (Phi) is 4.37. The minimum atomic E-state index is -3.79. The van der Waals surface area contributed by atoms with Gasteiger partial charge in [0, 0.05) is 13.0 Å². The SMILES string of the molecule is CC(C)(C)OC(=O)N1CC(O)(CN2CC(S(N)(=O)=O)CC2=O)C1. The van der Waals surface area contributed by atoms with Crippen LogP contribution in [0.25, 0.3) is 0 Å². The molecule has 0 spiro atoms. The van der Waals surface area contributed by atoms with Crippen LogP contribution in [-0.2, 0) is 19.6 Å². The number of sulfonamides is 1. The zero-order valence-corrected chi connectivity index (χ0v) is 14.3. The molecule has 0 aromatic heterocycles. The molecule has 132 valence electrons. The summed E-state index contributed by atoms with van der Waals surface area (Å²) in [6.45, 7) is 5.23. The van der Waals surface area contributed by atoms with Crippen molar-refractivity contribution in [2.45, 2.75) is 43.6 Å². The van der Waals surface area contributed by atoms with E-state index in [2.05, 4.69) is 0 Å². The van der Waals surface area contributed by atoms with Gasteiger partial charge in [-0.2, -0.15) is 0 Å². The molecular weight excluding hydrogens is 326 g/mol. The lowest BCUT2D eigenvalue weighted by molar-refractivity contribution is -0.139. The number of amides is 2. The maximum absolute atomic E-state index is 11.8.